The predicted molar refractivity (Wildman–Crippen MR) is 60.2 cm³/mol. The van der Waals surface area contributed by atoms with Crippen LogP contribution in [0.2, 0.25) is 0 Å². The Morgan fingerprint density at radius 2 is 1.71 bits per heavy atom. The van der Waals surface area contributed by atoms with Crippen LogP contribution in [0.15, 0.2) is 0 Å². The molecule has 1 unspecified atom stereocenters. The van der Waals surface area contributed by atoms with Crippen LogP contribution in [0, 0.1) is 5.92 Å². The third-order valence-electron chi connectivity index (χ3n) is 4.07. The van der Waals surface area contributed by atoms with E-state index in [-0.39, 0.29) is 5.54 Å². The molecule has 0 spiro atoms. The lowest BCUT2D eigenvalue weighted by Gasteiger charge is -2.39. The lowest BCUT2D eigenvalue weighted by atomic mass is 9.79. The summed E-state index contributed by atoms with van der Waals surface area (Å²) in [5.41, 5.74) is 6.55. The first kappa shape index (κ1) is 10.4. The Balaban J connectivity index is 2.02. The quantitative estimate of drug-likeness (QED) is 0.748. The van der Waals surface area contributed by atoms with Gasteiger partial charge in [0.25, 0.3) is 0 Å². The molecule has 0 aromatic heterocycles. The summed E-state index contributed by atoms with van der Waals surface area (Å²) >= 11 is 0. The molecule has 2 aliphatic rings. The molecule has 14 heavy (non-hydrogen) atoms. The van der Waals surface area contributed by atoms with E-state index in [1.165, 1.54) is 44.9 Å². The second-order valence-electron chi connectivity index (χ2n) is 5.54. The van der Waals surface area contributed by atoms with Crippen molar-refractivity contribution in [2.75, 3.05) is 14.1 Å². The first-order chi connectivity index (χ1) is 6.63. The van der Waals surface area contributed by atoms with E-state index in [1.54, 1.807) is 0 Å². The van der Waals surface area contributed by atoms with Gasteiger partial charge in [-0.3, -0.25) is 0 Å². The van der Waals surface area contributed by atoms with Crippen LogP contribution >= 0.6 is 0 Å². The van der Waals surface area contributed by atoms with Gasteiger partial charge in [-0.05, 0) is 45.7 Å². The van der Waals surface area contributed by atoms with E-state index in [0.29, 0.717) is 6.04 Å². The monoisotopic (exact) mass is 196 g/mol. The summed E-state index contributed by atoms with van der Waals surface area (Å²) in [5.74, 6) is 0.867. The van der Waals surface area contributed by atoms with E-state index >= 15 is 0 Å². The van der Waals surface area contributed by atoms with Gasteiger partial charge < -0.3 is 10.6 Å². The predicted octanol–water partition coefficient (Wildman–Crippen LogP) is 1.99. The number of nitrogens with two attached hydrogens (primary N) is 1. The van der Waals surface area contributed by atoms with E-state index < -0.39 is 0 Å². The van der Waals surface area contributed by atoms with Gasteiger partial charge in [-0.2, -0.15) is 0 Å². The molecule has 2 fully saturated rings. The summed E-state index contributed by atoms with van der Waals surface area (Å²) in [6.45, 7) is 0. The summed E-state index contributed by atoms with van der Waals surface area (Å²) < 4.78 is 0. The summed E-state index contributed by atoms with van der Waals surface area (Å²) in [4.78, 5) is 2.38. The van der Waals surface area contributed by atoms with Crippen LogP contribution in [0.3, 0.4) is 0 Å². The van der Waals surface area contributed by atoms with E-state index in [0.717, 1.165) is 5.92 Å². The normalized spacial score (nSPS) is 29.1. The largest absolute Gasteiger partial charge is 0.324 e. The Morgan fingerprint density at radius 1 is 1.14 bits per heavy atom. The van der Waals surface area contributed by atoms with Gasteiger partial charge in [0, 0.05) is 11.6 Å². The SMILES string of the molecule is CN(C)C(C1CCCCC1)C1(N)CC1. The van der Waals surface area contributed by atoms with Crippen LogP contribution in [0.1, 0.15) is 44.9 Å². The van der Waals surface area contributed by atoms with Crippen molar-refractivity contribution < 1.29 is 0 Å². The summed E-state index contributed by atoms with van der Waals surface area (Å²) in [7, 11) is 4.40. The zero-order valence-corrected chi connectivity index (χ0v) is 9.63. The van der Waals surface area contributed by atoms with E-state index in [1.807, 2.05) is 0 Å². The first-order valence-electron chi connectivity index (χ1n) is 6.09. The Hall–Kier alpha value is -0.0800. The van der Waals surface area contributed by atoms with Crippen molar-refractivity contribution in [2.45, 2.75) is 56.5 Å². The van der Waals surface area contributed by atoms with Crippen LogP contribution < -0.4 is 5.73 Å². The summed E-state index contributed by atoms with van der Waals surface area (Å²) in [5, 5.41) is 0. The number of nitrogens with zero attached hydrogens (tertiary/aromatic N) is 1. The summed E-state index contributed by atoms with van der Waals surface area (Å²) in [6.07, 6.45) is 9.58. The van der Waals surface area contributed by atoms with Crippen molar-refractivity contribution in [3.63, 3.8) is 0 Å². The fourth-order valence-corrected chi connectivity index (χ4v) is 3.30. The third kappa shape index (κ3) is 1.96. The Bertz CT molecular complexity index is 190. The smallest absolute Gasteiger partial charge is 0.0316 e. The standard InChI is InChI=1S/C12H24N2/c1-14(2)11(12(13)8-9-12)10-6-4-3-5-7-10/h10-11H,3-9,13H2,1-2H3. The maximum atomic E-state index is 6.38. The fraction of sp³-hybridized carbons (Fsp3) is 1.00. The van der Waals surface area contributed by atoms with Crippen LogP contribution in [-0.4, -0.2) is 30.6 Å². The molecule has 82 valence electrons. The highest BCUT2D eigenvalue weighted by Crippen LogP contribution is 2.44. The molecule has 2 aliphatic carbocycles. The van der Waals surface area contributed by atoms with Crippen LogP contribution in [0.25, 0.3) is 0 Å². The van der Waals surface area contributed by atoms with Gasteiger partial charge in [0.1, 0.15) is 0 Å². The molecule has 2 N–H and O–H groups in total. The molecule has 0 aliphatic heterocycles. The van der Waals surface area contributed by atoms with E-state index in [9.17, 15) is 0 Å². The number of rotatable bonds is 3. The van der Waals surface area contributed by atoms with Crippen LogP contribution in [0.5, 0.6) is 0 Å². The van der Waals surface area contributed by atoms with Gasteiger partial charge in [0.15, 0.2) is 0 Å². The van der Waals surface area contributed by atoms with E-state index in [2.05, 4.69) is 19.0 Å². The molecular formula is C12H24N2. The number of hydrogen-bond acceptors (Lipinski definition) is 2. The van der Waals surface area contributed by atoms with E-state index in [4.69, 9.17) is 5.73 Å². The van der Waals surface area contributed by atoms with Gasteiger partial charge in [0.05, 0.1) is 0 Å². The van der Waals surface area contributed by atoms with Crippen molar-refractivity contribution in [3.05, 3.63) is 0 Å². The van der Waals surface area contributed by atoms with Crippen molar-refractivity contribution >= 4 is 0 Å². The highest BCUT2D eigenvalue weighted by Gasteiger charge is 2.49. The minimum Gasteiger partial charge on any atom is -0.324 e. The number of hydrogen-bond donors (Lipinski definition) is 1. The van der Waals surface area contributed by atoms with Gasteiger partial charge >= 0.3 is 0 Å². The molecule has 0 bridgehead atoms. The number of likely N-dealkylation sites (N-methyl/N-ethyl adjacent to an activating group) is 1. The molecular weight excluding hydrogens is 172 g/mol. The first-order valence-corrected chi connectivity index (χ1v) is 6.09. The van der Waals surface area contributed by atoms with Gasteiger partial charge in [0.2, 0.25) is 0 Å². The average molecular weight is 196 g/mol. The topological polar surface area (TPSA) is 29.3 Å². The minimum atomic E-state index is 0.172. The lowest BCUT2D eigenvalue weighted by Crippen LogP contribution is -2.51. The third-order valence-corrected chi connectivity index (χ3v) is 4.07. The van der Waals surface area contributed by atoms with Gasteiger partial charge in [-0.25, -0.2) is 0 Å². The molecule has 0 heterocycles. The van der Waals surface area contributed by atoms with Crippen LogP contribution in [-0.2, 0) is 0 Å². The van der Waals surface area contributed by atoms with Crippen molar-refractivity contribution in [3.8, 4) is 0 Å². The molecule has 0 aromatic rings. The average Bonchev–Trinajstić information content (AvgIpc) is 2.85. The second kappa shape index (κ2) is 3.82. The molecule has 1 atom stereocenters. The zero-order chi connectivity index (χ0) is 10.2. The maximum Gasteiger partial charge on any atom is 0.0316 e. The molecule has 2 nitrogen and oxygen atoms in total. The van der Waals surface area contributed by atoms with Gasteiger partial charge in [-0.1, -0.05) is 19.3 Å². The lowest BCUT2D eigenvalue weighted by molar-refractivity contribution is 0.135. The zero-order valence-electron chi connectivity index (χ0n) is 9.63. The summed E-state index contributed by atoms with van der Waals surface area (Å²) in [6, 6.07) is 0.641. The molecule has 0 radical (unpaired) electrons. The van der Waals surface area contributed by atoms with Gasteiger partial charge in [-0.15, -0.1) is 0 Å². The maximum absolute atomic E-state index is 6.38. The molecule has 2 heteroatoms. The van der Waals surface area contributed by atoms with Crippen molar-refractivity contribution in [1.82, 2.24) is 4.90 Å². The van der Waals surface area contributed by atoms with Crippen molar-refractivity contribution in [1.29, 1.82) is 0 Å². The minimum absolute atomic E-state index is 0.172. The Labute approximate surface area is 87.8 Å². The molecule has 0 saturated heterocycles. The molecule has 2 saturated carbocycles. The highest BCUT2D eigenvalue weighted by atomic mass is 15.2. The van der Waals surface area contributed by atoms with Crippen LogP contribution in [0.4, 0.5) is 0 Å². The Morgan fingerprint density at radius 3 is 2.14 bits per heavy atom. The molecule has 0 aromatic carbocycles. The molecule has 0 amide bonds. The Kier molecular flexibility index (Phi) is 2.85. The van der Waals surface area contributed by atoms with Crippen molar-refractivity contribution in [2.24, 2.45) is 11.7 Å². The second-order valence-corrected chi connectivity index (χ2v) is 5.54. The molecule has 2 rings (SSSR count). The highest BCUT2D eigenvalue weighted by molar-refractivity contribution is 5.10. The fourth-order valence-electron chi connectivity index (χ4n) is 3.30.